The summed E-state index contributed by atoms with van der Waals surface area (Å²) in [5.74, 6) is -0.107. The molecule has 2 fully saturated rings. The van der Waals surface area contributed by atoms with Gasteiger partial charge in [0, 0.05) is 25.7 Å². The molecule has 2 unspecified atom stereocenters. The van der Waals surface area contributed by atoms with Gasteiger partial charge in [-0.1, -0.05) is 0 Å². The van der Waals surface area contributed by atoms with E-state index in [0.29, 0.717) is 12.6 Å². The minimum Gasteiger partial charge on any atom is -0.465 e. The molecule has 1 N–H and O–H groups in total. The maximum absolute atomic E-state index is 12.0. The number of carbonyl (C=O) groups is 1. The van der Waals surface area contributed by atoms with Crippen LogP contribution in [0.5, 0.6) is 0 Å². The normalized spacial score (nSPS) is 27.3. The van der Waals surface area contributed by atoms with Crippen LogP contribution in [0.4, 0.5) is 0 Å². The Morgan fingerprint density at radius 3 is 2.76 bits per heavy atom. The average Bonchev–Trinajstić information content (AvgIpc) is 3.16. The van der Waals surface area contributed by atoms with Gasteiger partial charge in [0.2, 0.25) is 0 Å². The zero-order valence-corrected chi connectivity index (χ0v) is 13.9. The fourth-order valence-corrected chi connectivity index (χ4v) is 3.11. The summed E-state index contributed by atoms with van der Waals surface area (Å²) in [5.41, 5.74) is -0.110. The van der Waals surface area contributed by atoms with E-state index >= 15 is 0 Å². The molecule has 0 aromatic carbocycles. The standard InChI is InChI=1S/C16H30N2O3/c1-5-20-15(19)14(17-13-6-7-13)8-9-18-10-12(2)21-16(3,4)11-18/h12-14,17H,5-11H2,1-4H3. The Morgan fingerprint density at radius 2 is 2.19 bits per heavy atom. The molecule has 5 nitrogen and oxygen atoms in total. The molecule has 1 heterocycles. The van der Waals surface area contributed by atoms with Crippen molar-refractivity contribution in [3.63, 3.8) is 0 Å². The molecule has 21 heavy (non-hydrogen) atoms. The minimum atomic E-state index is -0.168. The van der Waals surface area contributed by atoms with Crippen molar-refractivity contribution < 1.29 is 14.3 Å². The predicted molar refractivity (Wildman–Crippen MR) is 82.3 cm³/mol. The van der Waals surface area contributed by atoms with Gasteiger partial charge in [-0.15, -0.1) is 0 Å². The van der Waals surface area contributed by atoms with Gasteiger partial charge in [-0.25, -0.2) is 0 Å². The zero-order valence-electron chi connectivity index (χ0n) is 13.9. The van der Waals surface area contributed by atoms with Crippen molar-refractivity contribution >= 4 is 5.97 Å². The largest absolute Gasteiger partial charge is 0.465 e. The molecule has 5 heteroatoms. The number of ether oxygens (including phenoxy) is 2. The third-order valence-corrected chi connectivity index (χ3v) is 3.96. The third-order valence-electron chi connectivity index (χ3n) is 3.96. The number of nitrogens with zero attached hydrogens (tertiary/aromatic N) is 1. The van der Waals surface area contributed by atoms with E-state index in [-0.39, 0.29) is 23.7 Å². The van der Waals surface area contributed by atoms with Crippen LogP contribution < -0.4 is 5.32 Å². The Kier molecular flexibility index (Phi) is 5.63. The molecule has 0 aromatic rings. The second-order valence-electron chi connectivity index (χ2n) is 6.96. The third kappa shape index (κ3) is 5.57. The highest BCUT2D eigenvalue weighted by Crippen LogP contribution is 2.22. The number of hydrogen-bond donors (Lipinski definition) is 1. The first-order chi connectivity index (χ1) is 9.89. The highest BCUT2D eigenvalue weighted by molar-refractivity contribution is 5.75. The molecule has 2 rings (SSSR count). The van der Waals surface area contributed by atoms with Crippen molar-refractivity contribution in [3.05, 3.63) is 0 Å². The molecule has 1 saturated heterocycles. The van der Waals surface area contributed by atoms with Gasteiger partial charge in [0.1, 0.15) is 6.04 Å². The van der Waals surface area contributed by atoms with Crippen LogP contribution in [-0.4, -0.2) is 60.9 Å². The maximum Gasteiger partial charge on any atom is 0.323 e. The van der Waals surface area contributed by atoms with Crippen molar-refractivity contribution in [1.29, 1.82) is 0 Å². The van der Waals surface area contributed by atoms with Crippen LogP contribution >= 0.6 is 0 Å². The number of morpholine rings is 1. The van der Waals surface area contributed by atoms with Gasteiger partial charge < -0.3 is 14.8 Å². The van der Waals surface area contributed by atoms with Crippen molar-refractivity contribution in [3.8, 4) is 0 Å². The fourth-order valence-electron chi connectivity index (χ4n) is 3.11. The SMILES string of the molecule is CCOC(=O)C(CCN1CC(C)OC(C)(C)C1)NC1CC1. The Morgan fingerprint density at radius 1 is 1.48 bits per heavy atom. The quantitative estimate of drug-likeness (QED) is 0.723. The molecule has 1 saturated carbocycles. The molecule has 0 aromatic heterocycles. The highest BCUT2D eigenvalue weighted by atomic mass is 16.5. The van der Waals surface area contributed by atoms with E-state index in [1.807, 2.05) is 6.92 Å². The van der Waals surface area contributed by atoms with Crippen molar-refractivity contribution in [2.75, 3.05) is 26.2 Å². The molecule has 1 aliphatic heterocycles. The zero-order chi connectivity index (χ0) is 15.5. The molecule has 0 bridgehead atoms. The van der Waals surface area contributed by atoms with E-state index in [4.69, 9.17) is 9.47 Å². The van der Waals surface area contributed by atoms with Crippen LogP contribution in [-0.2, 0) is 14.3 Å². The highest BCUT2D eigenvalue weighted by Gasteiger charge is 2.33. The summed E-state index contributed by atoms with van der Waals surface area (Å²) in [7, 11) is 0. The first kappa shape index (κ1) is 16.7. The van der Waals surface area contributed by atoms with Gasteiger partial charge in [-0.2, -0.15) is 0 Å². The number of hydrogen-bond acceptors (Lipinski definition) is 5. The average molecular weight is 298 g/mol. The van der Waals surface area contributed by atoms with Crippen LogP contribution in [0.1, 0.15) is 47.0 Å². The van der Waals surface area contributed by atoms with E-state index in [1.165, 1.54) is 12.8 Å². The lowest BCUT2D eigenvalue weighted by molar-refractivity contribution is -0.146. The molecule has 2 aliphatic rings. The lowest BCUT2D eigenvalue weighted by Gasteiger charge is -2.42. The van der Waals surface area contributed by atoms with E-state index in [0.717, 1.165) is 26.1 Å². The Labute approximate surface area is 128 Å². The summed E-state index contributed by atoms with van der Waals surface area (Å²) in [4.78, 5) is 14.4. The fraction of sp³-hybridized carbons (Fsp3) is 0.938. The topological polar surface area (TPSA) is 50.8 Å². The first-order valence-electron chi connectivity index (χ1n) is 8.22. The van der Waals surface area contributed by atoms with Crippen LogP contribution in [0, 0.1) is 0 Å². The van der Waals surface area contributed by atoms with Gasteiger partial charge in [-0.05, 0) is 47.0 Å². The summed E-state index contributed by atoms with van der Waals surface area (Å²) < 4.78 is 11.1. The molecule has 0 spiro atoms. The molecule has 0 amide bonds. The molecule has 2 atom stereocenters. The number of carbonyl (C=O) groups excluding carboxylic acids is 1. The van der Waals surface area contributed by atoms with E-state index < -0.39 is 0 Å². The van der Waals surface area contributed by atoms with Crippen LogP contribution in [0.2, 0.25) is 0 Å². The van der Waals surface area contributed by atoms with Gasteiger partial charge in [0.05, 0.1) is 18.3 Å². The number of rotatable bonds is 7. The monoisotopic (exact) mass is 298 g/mol. The molecular weight excluding hydrogens is 268 g/mol. The molecule has 1 aliphatic carbocycles. The summed E-state index contributed by atoms with van der Waals surface area (Å²) in [6, 6.07) is 0.346. The summed E-state index contributed by atoms with van der Waals surface area (Å²) in [5, 5.41) is 3.41. The minimum absolute atomic E-state index is 0.107. The summed E-state index contributed by atoms with van der Waals surface area (Å²) in [6.45, 7) is 11.4. The Bertz CT molecular complexity index is 355. The maximum atomic E-state index is 12.0. The molecule has 122 valence electrons. The van der Waals surface area contributed by atoms with Gasteiger partial charge >= 0.3 is 5.97 Å². The van der Waals surface area contributed by atoms with Crippen molar-refractivity contribution in [2.45, 2.75) is 70.7 Å². The molecular formula is C16H30N2O3. The Hall–Kier alpha value is -0.650. The van der Waals surface area contributed by atoms with E-state index in [9.17, 15) is 4.79 Å². The summed E-state index contributed by atoms with van der Waals surface area (Å²) in [6.07, 6.45) is 3.40. The Balaban J connectivity index is 1.83. The van der Waals surface area contributed by atoms with Crippen molar-refractivity contribution in [2.24, 2.45) is 0 Å². The lowest BCUT2D eigenvalue weighted by atomic mass is 10.0. The van der Waals surface area contributed by atoms with Gasteiger partial charge in [-0.3, -0.25) is 9.69 Å². The summed E-state index contributed by atoms with van der Waals surface area (Å²) >= 11 is 0. The van der Waals surface area contributed by atoms with Crippen LogP contribution in [0.15, 0.2) is 0 Å². The van der Waals surface area contributed by atoms with Crippen LogP contribution in [0.3, 0.4) is 0 Å². The molecule has 0 radical (unpaired) electrons. The van der Waals surface area contributed by atoms with Gasteiger partial charge in [0.25, 0.3) is 0 Å². The smallest absolute Gasteiger partial charge is 0.323 e. The lowest BCUT2D eigenvalue weighted by Crippen LogP contribution is -2.53. The van der Waals surface area contributed by atoms with Crippen molar-refractivity contribution in [1.82, 2.24) is 10.2 Å². The number of nitrogens with one attached hydrogen (secondary N) is 1. The van der Waals surface area contributed by atoms with E-state index in [1.54, 1.807) is 0 Å². The predicted octanol–water partition coefficient (Wildman–Crippen LogP) is 1.56. The second kappa shape index (κ2) is 7.07. The second-order valence-corrected chi connectivity index (χ2v) is 6.96. The van der Waals surface area contributed by atoms with Crippen LogP contribution in [0.25, 0.3) is 0 Å². The van der Waals surface area contributed by atoms with E-state index in [2.05, 4.69) is 31.0 Å². The first-order valence-corrected chi connectivity index (χ1v) is 8.22. The number of esters is 1. The van der Waals surface area contributed by atoms with Gasteiger partial charge in [0.15, 0.2) is 0 Å².